The van der Waals surface area contributed by atoms with E-state index in [1.165, 1.54) is 12.1 Å². The molecule has 22 heavy (non-hydrogen) atoms. The highest BCUT2D eigenvalue weighted by Gasteiger charge is 2.13. The summed E-state index contributed by atoms with van der Waals surface area (Å²) in [5, 5.41) is 3.74. The molecular formula is C17H14FN3O. The molecule has 0 aliphatic heterocycles. The molecule has 110 valence electrons. The fourth-order valence-electron chi connectivity index (χ4n) is 2.20. The molecule has 5 heteroatoms. The first kappa shape index (κ1) is 14.1. The van der Waals surface area contributed by atoms with Crippen molar-refractivity contribution in [3.05, 3.63) is 71.9 Å². The summed E-state index contributed by atoms with van der Waals surface area (Å²) >= 11 is 0. The van der Waals surface area contributed by atoms with Crippen molar-refractivity contribution in [3.8, 4) is 0 Å². The third-order valence-corrected chi connectivity index (χ3v) is 3.44. The third-order valence-electron chi connectivity index (χ3n) is 3.44. The summed E-state index contributed by atoms with van der Waals surface area (Å²) < 4.78 is 12.9. The van der Waals surface area contributed by atoms with Crippen LogP contribution >= 0.6 is 0 Å². The maximum Gasteiger partial charge on any atom is 0.270 e. The minimum atomic E-state index is -0.299. The third kappa shape index (κ3) is 2.93. The van der Waals surface area contributed by atoms with Gasteiger partial charge in [-0.15, -0.1) is 0 Å². The lowest BCUT2D eigenvalue weighted by atomic mass is 10.1. The van der Waals surface area contributed by atoms with Crippen LogP contribution in [0.4, 0.5) is 4.39 Å². The maximum atomic E-state index is 12.9. The van der Waals surface area contributed by atoms with Gasteiger partial charge in [0.15, 0.2) is 0 Å². The number of amides is 1. The Labute approximate surface area is 127 Å². The molecule has 1 atom stereocenters. The van der Waals surface area contributed by atoms with Crippen molar-refractivity contribution < 1.29 is 9.18 Å². The number of pyridine rings is 2. The number of benzene rings is 1. The minimum Gasteiger partial charge on any atom is -0.344 e. The molecule has 2 heterocycles. The van der Waals surface area contributed by atoms with E-state index in [0.717, 1.165) is 16.5 Å². The number of aromatic nitrogens is 2. The molecule has 1 N–H and O–H groups in total. The quantitative estimate of drug-likeness (QED) is 0.807. The topological polar surface area (TPSA) is 54.9 Å². The molecule has 3 aromatic rings. The van der Waals surface area contributed by atoms with Gasteiger partial charge >= 0.3 is 0 Å². The van der Waals surface area contributed by atoms with Crippen LogP contribution in [0.15, 0.2) is 54.9 Å². The zero-order chi connectivity index (χ0) is 15.5. The fourth-order valence-corrected chi connectivity index (χ4v) is 2.20. The van der Waals surface area contributed by atoms with E-state index in [-0.39, 0.29) is 17.8 Å². The number of nitrogens with zero attached hydrogens (tertiary/aromatic N) is 2. The van der Waals surface area contributed by atoms with E-state index in [1.54, 1.807) is 36.7 Å². The molecule has 4 nitrogen and oxygen atoms in total. The fraction of sp³-hybridized carbons (Fsp3) is 0.118. The molecule has 1 aromatic carbocycles. The van der Waals surface area contributed by atoms with Gasteiger partial charge in [0.2, 0.25) is 0 Å². The van der Waals surface area contributed by atoms with Crippen LogP contribution in [-0.2, 0) is 0 Å². The lowest BCUT2D eigenvalue weighted by molar-refractivity contribution is 0.0935. The number of hydrogen-bond acceptors (Lipinski definition) is 3. The van der Waals surface area contributed by atoms with Crippen molar-refractivity contribution in [2.24, 2.45) is 0 Å². The summed E-state index contributed by atoms with van der Waals surface area (Å²) in [4.78, 5) is 20.6. The van der Waals surface area contributed by atoms with Crippen LogP contribution in [0.5, 0.6) is 0 Å². The minimum absolute atomic E-state index is 0.233. The van der Waals surface area contributed by atoms with Crippen LogP contribution in [0.25, 0.3) is 10.9 Å². The molecule has 0 saturated heterocycles. The second-order valence-electron chi connectivity index (χ2n) is 5.01. The Balaban J connectivity index is 1.79. The second-order valence-corrected chi connectivity index (χ2v) is 5.01. The van der Waals surface area contributed by atoms with E-state index >= 15 is 0 Å². The Morgan fingerprint density at radius 1 is 1.14 bits per heavy atom. The molecule has 0 radical (unpaired) electrons. The smallest absolute Gasteiger partial charge is 0.270 e. The Morgan fingerprint density at radius 2 is 1.91 bits per heavy atom. The summed E-state index contributed by atoms with van der Waals surface area (Å²) in [6.45, 7) is 1.84. The van der Waals surface area contributed by atoms with Crippen molar-refractivity contribution >= 4 is 16.8 Å². The number of carbonyl (C=O) groups excluding carboxylic acids is 1. The first-order valence-corrected chi connectivity index (χ1v) is 6.90. The Kier molecular flexibility index (Phi) is 3.78. The van der Waals surface area contributed by atoms with Crippen molar-refractivity contribution in [3.63, 3.8) is 0 Å². The van der Waals surface area contributed by atoms with Crippen molar-refractivity contribution in [2.75, 3.05) is 0 Å². The zero-order valence-electron chi connectivity index (χ0n) is 12.0. The first-order valence-electron chi connectivity index (χ1n) is 6.90. The van der Waals surface area contributed by atoms with Gasteiger partial charge in [0, 0.05) is 17.8 Å². The summed E-state index contributed by atoms with van der Waals surface area (Å²) in [5.41, 5.74) is 1.89. The van der Waals surface area contributed by atoms with E-state index in [0.29, 0.717) is 5.69 Å². The molecule has 1 unspecified atom stereocenters. The predicted octanol–water partition coefficient (Wildman–Crippen LogP) is 3.26. The summed E-state index contributed by atoms with van der Waals surface area (Å²) in [7, 11) is 0. The van der Waals surface area contributed by atoms with Crippen molar-refractivity contribution in [2.45, 2.75) is 13.0 Å². The molecule has 1 amide bonds. The summed E-state index contributed by atoms with van der Waals surface area (Å²) in [5.74, 6) is -0.567. The lowest BCUT2D eigenvalue weighted by Crippen LogP contribution is -2.27. The number of carbonyl (C=O) groups is 1. The highest BCUT2D eigenvalue weighted by atomic mass is 19.1. The Hall–Kier alpha value is -2.82. The highest BCUT2D eigenvalue weighted by molar-refractivity contribution is 5.94. The number of fused-ring (bicyclic) bond motifs is 1. The molecule has 2 aromatic heterocycles. The van der Waals surface area contributed by atoms with Crippen molar-refractivity contribution in [1.82, 2.24) is 15.3 Å². The molecule has 3 rings (SSSR count). The largest absolute Gasteiger partial charge is 0.344 e. The standard InChI is InChI=1S/C17H14FN3O/c1-11(12-2-5-14(18)6-3-12)20-17(22)16-7-4-13-10-19-9-8-15(13)21-16/h2-11H,1H3,(H,20,22). The Morgan fingerprint density at radius 3 is 2.68 bits per heavy atom. The average Bonchev–Trinajstić information content (AvgIpc) is 2.55. The van der Waals surface area contributed by atoms with E-state index in [2.05, 4.69) is 15.3 Å². The highest BCUT2D eigenvalue weighted by Crippen LogP contribution is 2.15. The van der Waals surface area contributed by atoms with E-state index in [4.69, 9.17) is 0 Å². The molecule has 0 bridgehead atoms. The van der Waals surface area contributed by atoms with E-state index in [9.17, 15) is 9.18 Å². The number of hydrogen-bond donors (Lipinski definition) is 1. The number of halogens is 1. The van der Waals surface area contributed by atoms with E-state index < -0.39 is 0 Å². The summed E-state index contributed by atoms with van der Waals surface area (Å²) in [6, 6.07) is 11.1. The van der Waals surface area contributed by atoms with Crippen LogP contribution in [0.1, 0.15) is 29.0 Å². The van der Waals surface area contributed by atoms with Gasteiger partial charge in [-0.2, -0.15) is 0 Å². The van der Waals surface area contributed by atoms with Gasteiger partial charge in [-0.05, 0) is 42.8 Å². The van der Waals surface area contributed by atoms with Crippen molar-refractivity contribution in [1.29, 1.82) is 0 Å². The van der Waals surface area contributed by atoms with Gasteiger partial charge in [-0.1, -0.05) is 12.1 Å². The Bertz CT molecular complexity index is 818. The van der Waals surface area contributed by atoms with Gasteiger partial charge < -0.3 is 5.32 Å². The lowest BCUT2D eigenvalue weighted by Gasteiger charge is -2.14. The molecular weight excluding hydrogens is 281 g/mol. The van der Waals surface area contributed by atoms with Crippen LogP contribution in [0.2, 0.25) is 0 Å². The average molecular weight is 295 g/mol. The van der Waals surface area contributed by atoms with Crippen LogP contribution in [0, 0.1) is 5.82 Å². The molecule has 0 fully saturated rings. The van der Waals surface area contributed by atoms with Gasteiger partial charge in [-0.3, -0.25) is 9.78 Å². The molecule has 0 aliphatic rings. The van der Waals surface area contributed by atoms with Gasteiger partial charge in [0.25, 0.3) is 5.91 Å². The van der Waals surface area contributed by atoms with Crippen LogP contribution in [0.3, 0.4) is 0 Å². The molecule has 0 saturated carbocycles. The zero-order valence-corrected chi connectivity index (χ0v) is 12.0. The SMILES string of the molecule is CC(NC(=O)c1ccc2cnccc2n1)c1ccc(F)cc1. The van der Waals surface area contributed by atoms with Crippen LogP contribution < -0.4 is 5.32 Å². The predicted molar refractivity (Wildman–Crippen MR) is 81.8 cm³/mol. The van der Waals surface area contributed by atoms with E-state index in [1.807, 2.05) is 13.0 Å². The maximum absolute atomic E-state index is 12.9. The normalized spacial score (nSPS) is 12.1. The second kappa shape index (κ2) is 5.89. The molecule has 0 aliphatic carbocycles. The summed E-state index contributed by atoms with van der Waals surface area (Å²) in [6.07, 6.45) is 3.34. The number of rotatable bonds is 3. The van der Waals surface area contributed by atoms with Gasteiger partial charge in [-0.25, -0.2) is 9.37 Å². The molecule has 0 spiro atoms. The first-order chi connectivity index (χ1) is 10.6. The van der Waals surface area contributed by atoms with Crippen LogP contribution in [-0.4, -0.2) is 15.9 Å². The van der Waals surface area contributed by atoms with Gasteiger partial charge in [0.05, 0.1) is 11.6 Å². The number of nitrogens with one attached hydrogen (secondary N) is 1. The monoisotopic (exact) mass is 295 g/mol. The van der Waals surface area contributed by atoms with Gasteiger partial charge in [0.1, 0.15) is 11.5 Å².